The van der Waals surface area contributed by atoms with E-state index in [0.29, 0.717) is 13.3 Å². The summed E-state index contributed by atoms with van der Waals surface area (Å²) in [7, 11) is 0.131. The number of aromatic nitrogens is 3. The van der Waals surface area contributed by atoms with Gasteiger partial charge in [-0.05, 0) is 49.9 Å². The minimum atomic E-state index is -1.17. The van der Waals surface area contributed by atoms with Gasteiger partial charge in [0.05, 0.1) is 23.9 Å². The number of benzene rings is 1. The summed E-state index contributed by atoms with van der Waals surface area (Å²) in [6, 6.07) is 6.64. The number of methoxy groups -OCH3 is 1. The molecule has 0 radical (unpaired) electrons. The van der Waals surface area contributed by atoms with Gasteiger partial charge in [-0.2, -0.15) is 0 Å². The van der Waals surface area contributed by atoms with Gasteiger partial charge in [-0.3, -0.25) is 4.79 Å². The zero-order valence-corrected chi connectivity index (χ0v) is 27.2. The number of hydrogen-bond acceptors (Lipinski definition) is 5. The van der Waals surface area contributed by atoms with Crippen molar-refractivity contribution in [2.75, 3.05) is 20.3 Å². The molecule has 1 aromatic carbocycles. The van der Waals surface area contributed by atoms with E-state index in [1.807, 2.05) is 37.9 Å². The first-order valence-electron chi connectivity index (χ1n) is 13.9. The maximum Gasteiger partial charge on any atom is 0.407 e. The number of carbonyl (C=O) groups is 2. The number of ether oxygens (including phenoxy) is 2. The number of aromatic amines is 1. The van der Waals surface area contributed by atoms with Crippen molar-refractivity contribution in [3.63, 3.8) is 0 Å². The number of nitrogens with zero attached hydrogens (tertiary/aromatic N) is 3. The van der Waals surface area contributed by atoms with E-state index < -0.39 is 25.7 Å². The van der Waals surface area contributed by atoms with Gasteiger partial charge in [-0.15, -0.1) is 0 Å². The first kappa shape index (κ1) is 30.3. The predicted molar refractivity (Wildman–Crippen MR) is 164 cm³/mol. The molecule has 1 aliphatic heterocycles. The average Bonchev–Trinajstić information content (AvgIpc) is 3.64. The number of amides is 2. The molecule has 0 saturated carbocycles. The third-order valence-electron chi connectivity index (χ3n) is 7.76. The summed E-state index contributed by atoms with van der Waals surface area (Å²) in [5.41, 5.74) is 2.22. The second kappa shape index (κ2) is 12.1. The van der Waals surface area contributed by atoms with E-state index in [0.717, 1.165) is 58.0 Å². The number of imidazole rings is 1. The SMILES string of the molecule is COC(=O)N[C@H](C(=O)N1CCC[C@@]1(C)c1nc(-c2ccc(Br)c3ccn(COCC[Si](C)(C)C)c23)c[nH]1)C(C)C. The van der Waals surface area contributed by atoms with Gasteiger partial charge in [0.15, 0.2) is 0 Å². The standard InChI is InChI=1S/C29H42BrN5O4Si/c1-19(2)24(33-28(37)38-4)26(36)35-13-8-12-29(35,3)27-31-17-23(32-27)21-9-10-22(30)20-11-14-34(25(20)21)18-39-15-16-40(5,6)7/h9-11,14,17,19,24H,8,12-13,15-16,18H2,1-7H3,(H,31,32)(H,33,37)/t24-,29-/m0/s1. The average molecular weight is 633 g/mol. The molecule has 9 nitrogen and oxygen atoms in total. The molecular formula is C29H42BrN5O4Si. The van der Waals surface area contributed by atoms with Gasteiger partial charge in [0.2, 0.25) is 5.91 Å². The third-order valence-corrected chi connectivity index (χ3v) is 10.2. The Labute approximate surface area is 246 Å². The Bertz CT molecular complexity index is 1360. The van der Waals surface area contributed by atoms with E-state index in [9.17, 15) is 9.59 Å². The van der Waals surface area contributed by atoms with Crippen molar-refractivity contribution in [3.8, 4) is 11.3 Å². The van der Waals surface area contributed by atoms with Crippen molar-refractivity contribution in [1.29, 1.82) is 0 Å². The lowest BCUT2D eigenvalue weighted by molar-refractivity contribution is -0.138. The van der Waals surface area contributed by atoms with Crippen LogP contribution in [0, 0.1) is 5.92 Å². The number of H-pyrrole nitrogens is 1. The van der Waals surface area contributed by atoms with E-state index >= 15 is 0 Å². The zero-order chi connectivity index (χ0) is 29.2. The highest BCUT2D eigenvalue weighted by molar-refractivity contribution is 9.10. The highest BCUT2D eigenvalue weighted by Crippen LogP contribution is 2.40. The number of nitrogens with one attached hydrogen (secondary N) is 2. The maximum absolute atomic E-state index is 13.7. The van der Waals surface area contributed by atoms with Crippen molar-refractivity contribution in [1.82, 2.24) is 24.8 Å². The van der Waals surface area contributed by atoms with Crippen LogP contribution < -0.4 is 5.32 Å². The van der Waals surface area contributed by atoms with Crippen LogP contribution in [-0.4, -0.2) is 65.8 Å². The molecular weight excluding hydrogens is 590 g/mol. The summed E-state index contributed by atoms with van der Waals surface area (Å²) in [6.45, 7) is 14.7. The highest BCUT2D eigenvalue weighted by Gasteiger charge is 2.46. The van der Waals surface area contributed by atoms with Crippen molar-refractivity contribution in [2.45, 2.75) is 77.6 Å². The number of rotatable bonds is 10. The van der Waals surface area contributed by atoms with Crippen LogP contribution in [-0.2, 0) is 26.5 Å². The van der Waals surface area contributed by atoms with Crippen molar-refractivity contribution in [2.24, 2.45) is 5.92 Å². The van der Waals surface area contributed by atoms with Crippen LogP contribution in [0.5, 0.6) is 0 Å². The molecule has 0 unspecified atom stereocenters. The third kappa shape index (κ3) is 6.31. The molecule has 2 aromatic heterocycles. The Morgan fingerprint density at radius 2 is 2.00 bits per heavy atom. The molecule has 1 aliphatic rings. The fraction of sp³-hybridized carbons (Fsp3) is 0.552. The number of hydrogen-bond donors (Lipinski definition) is 2. The van der Waals surface area contributed by atoms with Gasteiger partial charge in [-0.25, -0.2) is 9.78 Å². The lowest BCUT2D eigenvalue weighted by Gasteiger charge is -2.37. The summed E-state index contributed by atoms with van der Waals surface area (Å²) >= 11 is 3.70. The van der Waals surface area contributed by atoms with E-state index in [4.69, 9.17) is 14.5 Å². The van der Waals surface area contributed by atoms with Gasteiger partial charge < -0.3 is 29.2 Å². The molecule has 2 amide bonds. The fourth-order valence-corrected chi connectivity index (χ4v) is 6.52. The zero-order valence-electron chi connectivity index (χ0n) is 24.6. The van der Waals surface area contributed by atoms with Crippen molar-refractivity contribution in [3.05, 3.63) is 40.9 Å². The lowest BCUT2D eigenvalue weighted by Crippen LogP contribution is -2.55. The van der Waals surface area contributed by atoms with Crippen LogP contribution in [0.25, 0.3) is 22.2 Å². The smallest absolute Gasteiger partial charge is 0.407 e. The predicted octanol–water partition coefficient (Wildman–Crippen LogP) is 6.32. The van der Waals surface area contributed by atoms with Crippen LogP contribution in [0.2, 0.25) is 25.7 Å². The van der Waals surface area contributed by atoms with Crippen LogP contribution in [0.15, 0.2) is 35.1 Å². The molecule has 0 bridgehead atoms. The maximum atomic E-state index is 13.7. The number of likely N-dealkylation sites (tertiary alicyclic amines) is 1. The summed E-state index contributed by atoms with van der Waals surface area (Å²) in [6.07, 6.45) is 4.98. The molecule has 2 N–H and O–H groups in total. The molecule has 3 heterocycles. The molecule has 3 aromatic rings. The Morgan fingerprint density at radius 3 is 2.67 bits per heavy atom. The topological polar surface area (TPSA) is 101 Å². The summed E-state index contributed by atoms with van der Waals surface area (Å²) in [4.78, 5) is 36.0. The molecule has 0 spiro atoms. The minimum Gasteiger partial charge on any atom is -0.453 e. The normalized spacial score (nSPS) is 18.5. The van der Waals surface area contributed by atoms with Crippen LogP contribution >= 0.6 is 15.9 Å². The molecule has 2 atom stereocenters. The highest BCUT2D eigenvalue weighted by atomic mass is 79.9. The molecule has 4 rings (SSSR count). The van der Waals surface area contributed by atoms with Crippen molar-refractivity contribution >= 4 is 46.9 Å². The van der Waals surface area contributed by atoms with Gasteiger partial charge >= 0.3 is 6.09 Å². The minimum absolute atomic E-state index is 0.0968. The fourth-order valence-electron chi connectivity index (χ4n) is 5.31. The van der Waals surface area contributed by atoms with Crippen LogP contribution in [0.1, 0.15) is 39.4 Å². The van der Waals surface area contributed by atoms with Crippen molar-refractivity contribution < 1.29 is 19.1 Å². The Morgan fingerprint density at radius 1 is 1.25 bits per heavy atom. The Kier molecular flexibility index (Phi) is 9.16. The van der Waals surface area contributed by atoms with Crippen LogP contribution in [0.4, 0.5) is 4.79 Å². The molecule has 0 aliphatic carbocycles. The molecule has 218 valence electrons. The summed E-state index contributed by atoms with van der Waals surface area (Å²) < 4.78 is 14.0. The first-order chi connectivity index (χ1) is 18.9. The second-order valence-electron chi connectivity index (χ2n) is 12.3. The quantitative estimate of drug-likeness (QED) is 0.201. The Hall–Kier alpha value is -2.63. The number of halogens is 1. The molecule has 11 heteroatoms. The van der Waals surface area contributed by atoms with E-state index in [-0.39, 0.29) is 11.8 Å². The molecule has 1 fully saturated rings. The molecule has 40 heavy (non-hydrogen) atoms. The second-order valence-corrected chi connectivity index (χ2v) is 18.8. The van der Waals surface area contributed by atoms with E-state index in [1.54, 1.807) is 0 Å². The van der Waals surface area contributed by atoms with E-state index in [1.165, 1.54) is 7.11 Å². The van der Waals surface area contributed by atoms with E-state index in [2.05, 4.69) is 68.8 Å². The lowest BCUT2D eigenvalue weighted by atomic mass is 9.95. The van der Waals surface area contributed by atoms with Gasteiger partial charge in [0, 0.05) is 49.0 Å². The Balaban J connectivity index is 1.63. The first-order valence-corrected chi connectivity index (χ1v) is 18.4. The largest absolute Gasteiger partial charge is 0.453 e. The summed E-state index contributed by atoms with van der Waals surface area (Å²) in [5, 5.41) is 3.81. The number of alkyl carbamates (subject to hydrolysis) is 1. The summed E-state index contributed by atoms with van der Waals surface area (Å²) in [5.74, 6) is 0.503. The van der Waals surface area contributed by atoms with Crippen LogP contribution in [0.3, 0.4) is 0 Å². The van der Waals surface area contributed by atoms with Gasteiger partial charge in [0.1, 0.15) is 18.6 Å². The molecule has 1 saturated heterocycles. The van der Waals surface area contributed by atoms with Gasteiger partial charge in [0.25, 0.3) is 0 Å². The number of fused-ring (bicyclic) bond motifs is 1. The monoisotopic (exact) mass is 631 g/mol. The van der Waals surface area contributed by atoms with Gasteiger partial charge in [-0.1, -0.05) is 49.4 Å². The number of carbonyl (C=O) groups excluding carboxylic acids is 2.